The molecule has 1 aromatic rings. The van der Waals surface area contributed by atoms with E-state index in [-0.39, 0.29) is 11.7 Å². The Hall–Kier alpha value is -1.43. The quantitative estimate of drug-likeness (QED) is 0.801. The number of ether oxygens (including phenoxy) is 1. The van der Waals surface area contributed by atoms with Crippen LogP contribution in [-0.4, -0.2) is 19.8 Å². The second-order valence-corrected chi connectivity index (χ2v) is 4.13. The molecule has 0 aromatic heterocycles. The van der Waals surface area contributed by atoms with E-state index in [4.69, 9.17) is 10.5 Å². The predicted molar refractivity (Wildman–Crippen MR) is 65.4 cm³/mol. The van der Waals surface area contributed by atoms with Gasteiger partial charge in [-0.05, 0) is 31.5 Å². The van der Waals surface area contributed by atoms with Crippen molar-refractivity contribution in [3.63, 3.8) is 0 Å². The van der Waals surface area contributed by atoms with Gasteiger partial charge in [0.2, 0.25) is 0 Å². The number of halogens is 3. The normalized spacial score (nSPS) is 13.4. The highest BCUT2D eigenvalue weighted by atomic mass is 19.4. The molecule has 0 aliphatic heterocycles. The lowest BCUT2D eigenvalue weighted by atomic mass is 10.1. The highest BCUT2D eigenvalue weighted by Gasteiger charge is 2.30. The van der Waals surface area contributed by atoms with Crippen molar-refractivity contribution in [2.24, 2.45) is 0 Å². The molecule has 102 valence electrons. The Morgan fingerprint density at radius 3 is 2.56 bits per heavy atom. The van der Waals surface area contributed by atoms with E-state index in [2.05, 4.69) is 5.32 Å². The highest BCUT2D eigenvalue weighted by molar-refractivity contribution is 5.67. The number of hydrogen-bond donors (Lipinski definition) is 2. The summed E-state index contributed by atoms with van der Waals surface area (Å²) in [6.45, 7) is 2.49. The molecule has 1 atom stereocenters. The zero-order valence-corrected chi connectivity index (χ0v) is 10.3. The molecule has 3 nitrogen and oxygen atoms in total. The number of nitrogens with one attached hydrogen (secondary N) is 1. The smallest absolute Gasteiger partial charge is 0.397 e. The molecular formula is C12H17F3N2O. The molecule has 0 aliphatic carbocycles. The number of nitrogen functional groups attached to an aromatic ring is 1. The van der Waals surface area contributed by atoms with Gasteiger partial charge in [0.15, 0.2) is 0 Å². The van der Waals surface area contributed by atoms with Crippen LogP contribution in [0.3, 0.4) is 0 Å². The third-order valence-electron chi connectivity index (χ3n) is 2.54. The Morgan fingerprint density at radius 1 is 1.39 bits per heavy atom. The maximum absolute atomic E-state index is 12.4. The first-order chi connectivity index (χ1) is 8.34. The standard InChI is InChI=1S/C12H17F3N2O/c1-8(5-6-18-2)17-11-4-3-9(7-10(11)16)12(13,14)15/h3-4,7-8,17H,5-6,16H2,1-2H3. The Morgan fingerprint density at radius 2 is 2.06 bits per heavy atom. The fourth-order valence-corrected chi connectivity index (χ4v) is 1.50. The minimum Gasteiger partial charge on any atom is -0.397 e. The first-order valence-corrected chi connectivity index (χ1v) is 5.56. The van der Waals surface area contributed by atoms with E-state index in [1.54, 1.807) is 7.11 Å². The van der Waals surface area contributed by atoms with Crippen molar-refractivity contribution in [3.05, 3.63) is 23.8 Å². The van der Waals surface area contributed by atoms with Crippen molar-refractivity contribution < 1.29 is 17.9 Å². The molecule has 18 heavy (non-hydrogen) atoms. The summed E-state index contributed by atoms with van der Waals surface area (Å²) in [4.78, 5) is 0. The summed E-state index contributed by atoms with van der Waals surface area (Å²) in [6.07, 6.45) is -3.62. The molecule has 6 heteroatoms. The van der Waals surface area contributed by atoms with Crippen LogP contribution in [-0.2, 0) is 10.9 Å². The summed E-state index contributed by atoms with van der Waals surface area (Å²) >= 11 is 0. The second-order valence-electron chi connectivity index (χ2n) is 4.13. The molecule has 1 aromatic carbocycles. The van der Waals surface area contributed by atoms with Crippen LogP contribution in [0.25, 0.3) is 0 Å². The Labute approximate surface area is 104 Å². The summed E-state index contributed by atoms with van der Waals surface area (Å²) in [5.74, 6) is 0. The average Bonchev–Trinajstić information content (AvgIpc) is 2.27. The largest absolute Gasteiger partial charge is 0.416 e. The molecule has 0 fully saturated rings. The van der Waals surface area contributed by atoms with Crippen molar-refractivity contribution in [3.8, 4) is 0 Å². The van der Waals surface area contributed by atoms with Crippen molar-refractivity contribution in [2.75, 3.05) is 24.8 Å². The molecular weight excluding hydrogens is 245 g/mol. The maximum atomic E-state index is 12.4. The summed E-state index contributed by atoms with van der Waals surface area (Å²) < 4.78 is 42.2. The SMILES string of the molecule is COCCC(C)Nc1ccc(C(F)(F)F)cc1N. The van der Waals surface area contributed by atoms with Gasteiger partial charge in [0.25, 0.3) is 0 Å². The summed E-state index contributed by atoms with van der Waals surface area (Å²) in [6, 6.07) is 3.37. The minimum absolute atomic E-state index is 0.0731. The number of alkyl halides is 3. The van der Waals surface area contributed by atoms with E-state index in [1.165, 1.54) is 6.07 Å². The number of methoxy groups -OCH3 is 1. The lowest BCUT2D eigenvalue weighted by Gasteiger charge is -2.17. The number of anilines is 2. The minimum atomic E-state index is -4.37. The average molecular weight is 262 g/mol. The summed E-state index contributed by atoms with van der Waals surface area (Å²) in [5.41, 5.74) is 5.46. The maximum Gasteiger partial charge on any atom is 0.416 e. The molecule has 0 radical (unpaired) electrons. The van der Waals surface area contributed by atoms with Crippen LogP contribution in [0.2, 0.25) is 0 Å². The van der Waals surface area contributed by atoms with Crippen LogP contribution in [0, 0.1) is 0 Å². The van der Waals surface area contributed by atoms with Crippen LogP contribution >= 0.6 is 0 Å². The summed E-state index contributed by atoms with van der Waals surface area (Å²) in [5, 5.41) is 3.05. The number of rotatable bonds is 5. The van der Waals surface area contributed by atoms with E-state index in [0.29, 0.717) is 12.3 Å². The third-order valence-corrected chi connectivity index (χ3v) is 2.54. The van der Waals surface area contributed by atoms with Crippen molar-refractivity contribution in [2.45, 2.75) is 25.6 Å². The van der Waals surface area contributed by atoms with Crippen molar-refractivity contribution >= 4 is 11.4 Å². The first kappa shape index (κ1) is 14.6. The van der Waals surface area contributed by atoms with E-state index < -0.39 is 11.7 Å². The highest BCUT2D eigenvalue weighted by Crippen LogP contribution is 2.33. The molecule has 0 spiro atoms. The predicted octanol–water partition coefficient (Wildman–Crippen LogP) is 3.12. The van der Waals surface area contributed by atoms with Gasteiger partial charge in [-0.25, -0.2) is 0 Å². The van der Waals surface area contributed by atoms with Gasteiger partial charge < -0.3 is 15.8 Å². The molecule has 1 unspecified atom stereocenters. The van der Waals surface area contributed by atoms with Gasteiger partial charge in [-0.15, -0.1) is 0 Å². The Kier molecular flexibility index (Phi) is 4.84. The first-order valence-electron chi connectivity index (χ1n) is 5.56. The molecule has 0 heterocycles. The van der Waals surface area contributed by atoms with Crippen LogP contribution in [0.5, 0.6) is 0 Å². The van der Waals surface area contributed by atoms with Crippen LogP contribution in [0.15, 0.2) is 18.2 Å². The van der Waals surface area contributed by atoms with Crippen LogP contribution in [0.4, 0.5) is 24.5 Å². The molecule has 0 aliphatic rings. The zero-order chi connectivity index (χ0) is 13.8. The van der Waals surface area contributed by atoms with E-state index in [0.717, 1.165) is 18.6 Å². The Bertz CT molecular complexity index is 393. The second kappa shape index (κ2) is 5.95. The fraction of sp³-hybridized carbons (Fsp3) is 0.500. The van der Waals surface area contributed by atoms with Crippen molar-refractivity contribution in [1.29, 1.82) is 0 Å². The van der Waals surface area contributed by atoms with Gasteiger partial charge in [-0.1, -0.05) is 0 Å². The van der Waals surface area contributed by atoms with E-state index in [1.807, 2.05) is 6.92 Å². The molecule has 0 saturated carbocycles. The Balaban J connectivity index is 2.74. The lowest BCUT2D eigenvalue weighted by molar-refractivity contribution is -0.137. The molecule has 0 saturated heterocycles. The van der Waals surface area contributed by atoms with Gasteiger partial charge in [-0.2, -0.15) is 13.2 Å². The molecule has 0 bridgehead atoms. The monoisotopic (exact) mass is 262 g/mol. The lowest BCUT2D eigenvalue weighted by Crippen LogP contribution is -2.18. The molecule has 3 N–H and O–H groups in total. The third kappa shape index (κ3) is 4.10. The van der Waals surface area contributed by atoms with Crippen LogP contribution < -0.4 is 11.1 Å². The topological polar surface area (TPSA) is 47.3 Å². The van der Waals surface area contributed by atoms with E-state index in [9.17, 15) is 13.2 Å². The molecule has 1 rings (SSSR count). The number of hydrogen-bond acceptors (Lipinski definition) is 3. The zero-order valence-electron chi connectivity index (χ0n) is 10.3. The van der Waals surface area contributed by atoms with Crippen molar-refractivity contribution in [1.82, 2.24) is 0 Å². The van der Waals surface area contributed by atoms with Crippen LogP contribution in [0.1, 0.15) is 18.9 Å². The number of benzene rings is 1. The molecule has 0 amide bonds. The summed E-state index contributed by atoms with van der Waals surface area (Å²) in [7, 11) is 1.60. The van der Waals surface area contributed by atoms with Gasteiger partial charge in [0.05, 0.1) is 16.9 Å². The van der Waals surface area contributed by atoms with Gasteiger partial charge in [0, 0.05) is 19.8 Å². The number of nitrogens with two attached hydrogens (primary N) is 1. The fourth-order valence-electron chi connectivity index (χ4n) is 1.50. The van der Waals surface area contributed by atoms with Gasteiger partial charge in [0.1, 0.15) is 0 Å². The van der Waals surface area contributed by atoms with Gasteiger partial charge in [-0.3, -0.25) is 0 Å². The van der Waals surface area contributed by atoms with E-state index >= 15 is 0 Å². The van der Waals surface area contributed by atoms with Gasteiger partial charge >= 0.3 is 6.18 Å².